The van der Waals surface area contributed by atoms with Gasteiger partial charge in [-0.2, -0.15) is 0 Å². The Morgan fingerprint density at radius 2 is 1.96 bits per heavy atom. The summed E-state index contributed by atoms with van der Waals surface area (Å²) in [7, 11) is 0. The van der Waals surface area contributed by atoms with Gasteiger partial charge in [0.2, 0.25) is 0 Å². The monoisotopic (exact) mass is 362 g/mol. The Morgan fingerprint density at radius 1 is 1.12 bits per heavy atom. The van der Waals surface area contributed by atoms with Crippen molar-refractivity contribution in [1.29, 1.82) is 0 Å². The van der Waals surface area contributed by atoms with Gasteiger partial charge in [0.1, 0.15) is 12.0 Å². The van der Waals surface area contributed by atoms with E-state index in [2.05, 4.69) is 60.7 Å². The van der Waals surface area contributed by atoms with E-state index >= 15 is 0 Å². The summed E-state index contributed by atoms with van der Waals surface area (Å²) in [5.74, 6) is 0. The van der Waals surface area contributed by atoms with Gasteiger partial charge in [0.25, 0.3) is 0 Å². The molecule has 6 nitrogen and oxygen atoms in total. The largest absolute Gasteiger partial charge is 0.378 e. The predicted octanol–water partition coefficient (Wildman–Crippen LogP) is 3.39. The number of aromatic nitrogens is 4. The zero-order valence-corrected chi connectivity index (χ0v) is 14.8. The molecule has 0 spiro atoms. The highest BCUT2D eigenvalue weighted by Gasteiger charge is 2.14. The molecule has 26 heavy (non-hydrogen) atoms. The number of nitrogens with one attached hydrogen (secondary N) is 1. The van der Waals surface area contributed by atoms with E-state index in [9.17, 15) is 0 Å². The molecule has 5 rings (SSSR count). The number of ether oxygens (including phenoxy) is 1. The second kappa shape index (κ2) is 6.51. The van der Waals surface area contributed by atoms with Crippen LogP contribution in [0.25, 0.3) is 32.9 Å². The summed E-state index contributed by atoms with van der Waals surface area (Å²) >= 11 is 1.46. The van der Waals surface area contributed by atoms with Crippen LogP contribution in [-0.4, -0.2) is 46.2 Å². The molecular weight excluding hydrogens is 346 g/mol. The lowest BCUT2D eigenvalue weighted by atomic mass is 10.1. The standard InChI is InChI=1S/C19H16N5OS/c1-3-14(24-5-7-25-8-6-24)4-2-13(1)16-9-15-18(17-10-20-12-26-17)21-11-22-19(15)23-16/h1-4,9-11H,5-8H2,(H,21,22,23). The fourth-order valence-electron chi connectivity index (χ4n) is 3.26. The number of anilines is 1. The molecule has 0 atom stereocenters. The van der Waals surface area contributed by atoms with Crippen LogP contribution in [-0.2, 0) is 4.74 Å². The van der Waals surface area contributed by atoms with Crippen LogP contribution in [0.3, 0.4) is 0 Å². The minimum absolute atomic E-state index is 0.792. The van der Waals surface area contributed by atoms with E-state index < -0.39 is 0 Å². The molecule has 1 fully saturated rings. The van der Waals surface area contributed by atoms with Crippen molar-refractivity contribution in [1.82, 2.24) is 19.9 Å². The Bertz CT molecular complexity index is 1020. The molecule has 4 heterocycles. The molecule has 1 radical (unpaired) electrons. The Balaban J connectivity index is 1.50. The average molecular weight is 362 g/mol. The number of H-pyrrole nitrogens is 1. The first-order chi connectivity index (χ1) is 12.9. The first kappa shape index (κ1) is 15.5. The van der Waals surface area contributed by atoms with Crippen LogP contribution in [0, 0.1) is 5.51 Å². The zero-order chi connectivity index (χ0) is 17.3. The van der Waals surface area contributed by atoms with E-state index in [1.807, 2.05) is 0 Å². The molecule has 0 bridgehead atoms. The van der Waals surface area contributed by atoms with Crippen molar-refractivity contribution >= 4 is 28.1 Å². The average Bonchev–Trinajstić information content (AvgIpc) is 3.38. The number of rotatable bonds is 3. The zero-order valence-electron chi connectivity index (χ0n) is 14.0. The van der Waals surface area contributed by atoms with Crippen LogP contribution in [0.15, 0.2) is 42.9 Å². The fourth-order valence-corrected chi connectivity index (χ4v) is 3.83. The van der Waals surface area contributed by atoms with E-state index in [4.69, 9.17) is 4.74 Å². The number of hydrogen-bond donors (Lipinski definition) is 1. The lowest BCUT2D eigenvalue weighted by Gasteiger charge is -2.28. The van der Waals surface area contributed by atoms with E-state index in [1.54, 1.807) is 12.5 Å². The molecule has 1 aromatic carbocycles. The molecule has 0 saturated carbocycles. The molecule has 0 amide bonds. The smallest absolute Gasteiger partial charge is 0.152 e. The van der Waals surface area contributed by atoms with E-state index in [1.165, 1.54) is 17.0 Å². The molecule has 4 aromatic rings. The molecule has 1 N–H and O–H groups in total. The van der Waals surface area contributed by atoms with Gasteiger partial charge in [-0.05, 0) is 23.8 Å². The molecule has 1 aliphatic heterocycles. The number of aromatic amines is 1. The van der Waals surface area contributed by atoms with Gasteiger partial charge < -0.3 is 14.6 Å². The summed E-state index contributed by atoms with van der Waals surface area (Å²) < 4.78 is 5.42. The second-order valence-electron chi connectivity index (χ2n) is 6.13. The minimum atomic E-state index is 0.792. The van der Waals surface area contributed by atoms with Crippen molar-refractivity contribution in [2.75, 3.05) is 31.2 Å². The van der Waals surface area contributed by atoms with E-state index in [0.29, 0.717) is 0 Å². The fraction of sp³-hybridized carbons (Fsp3) is 0.211. The Hall–Kier alpha value is -2.77. The minimum Gasteiger partial charge on any atom is -0.378 e. The molecule has 129 valence electrons. The summed E-state index contributed by atoms with van der Waals surface area (Å²) in [5.41, 5.74) is 7.98. The Kier molecular flexibility index (Phi) is 3.88. The quantitative estimate of drug-likeness (QED) is 0.605. The van der Waals surface area contributed by atoms with Crippen LogP contribution in [0.5, 0.6) is 0 Å². The summed E-state index contributed by atoms with van der Waals surface area (Å²) in [6, 6.07) is 10.7. The SMILES string of the molecule is [c]1ncc(-c2ncnc3[nH]c(-c4ccc(N5CCOCC5)cc4)cc23)s1. The maximum Gasteiger partial charge on any atom is 0.152 e. The third kappa shape index (κ3) is 2.75. The summed E-state index contributed by atoms with van der Waals surface area (Å²) in [5, 5.41) is 0.998. The van der Waals surface area contributed by atoms with Gasteiger partial charge in [-0.25, -0.2) is 15.0 Å². The highest BCUT2D eigenvalue weighted by molar-refractivity contribution is 7.12. The van der Waals surface area contributed by atoms with Gasteiger partial charge in [-0.15, -0.1) is 11.3 Å². The topological polar surface area (TPSA) is 66.9 Å². The molecule has 1 saturated heterocycles. The maximum absolute atomic E-state index is 5.42. The van der Waals surface area contributed by atoms with E-state index in [-0.39, 0.29) is 0 Å². The van der Waals surface area contributed by atoms with Crippen molar-refractivity contribution in [2.24, 2.45) is 0 Å². The van der Waals surface area contributed by atoms with Crippen LogP contribution in [0.4, 0.5) is 5.69 Å². The van der Waals surface area contributed by atoms with Gasteiger partial charge in [-0.3, -0.25) is 0 Å². The first-order valence-electron chi connectivity index (χ1n) is 8.47. The second-order valence-corrected chi connectivity index (χ2v) is 6.96. The molecule has 0 aliphatic carbocycles. The molecular formula is C19H16N5OS. The number of benzene rings is 1. The van der Waals surface area contributed by atoms with Gasteiger partial charge in [0, 0.05) is 36.1 Å². The number of morpholine rings is 1. The van der Waals surface area contributed by atoms with Crippen LogP contribution >= 0.6 is 11.3 Å². The number of nitrogens with zero attached hydrogens (tertiary/aromatic N) is 4. The molecule has 7 heteroatoms. The van der Waals surface area contributed by atoms with Crippen molar-refractivity contribution in [3.63, 3.8) is 0 Å². The highest BCUT2D eigenvalue weighted by atomic mass is 32.1. The maximum atomic E-state index is 5.42. The van der Waals surface area contributed by atoms with E-state index in [0.717, 1.165) is 59.2 Å². The summed E-state index contributed by atoms with van der Waals surface area (Å²) in [6.07, 6.45) is 3.37. The van der Waals surface area contributed by atoms with Crippen LogP contribution < -0.4 is 4.90 Å². The first-order valence-corrected chi connectivity index (χ1v) is 9.29. The number of fused-ring (bicyclic) bond motifs is 1. The Morgan fingerprint density at radius 3 is 2.73 bits per heavy atom. The molecule has 3 aromatic heterocycles. The lowest BCUT2D eigenvalue weighted by molar-refractivity contribution is 0.122. The van der Waals surface area contributed by atoms with Crippen LogP contribution in [0.2, 0.25) is 0 Å². The number of hydrogen-bond acceptors (Lipinski definition) is 6. The lowest BCUT2D eigenvalue weighted by Crippen LogP contribution is -2.36. The predicted molar refractivity (Wildman–Crippen MR) is 102 cm³/mol. The summed E-state index contributed by atoms with van der Waals surface area (Å²) in [4.78, 5) is 19.6. The third-order valence-electron chi connectivity index (χ3n) is 4.60. The van der Waals surface area contributed by atoms with Crippen LogP contribution in [0.1, 0.15) is 0 Å². The van der Waals surface area contributed by atoms with Gasteiger partial charge in [0.05, 0.1) is 23.8 Å². The summed E-state index contributed by atoms with van der Waals surface area (Å²) in [6.45, 7) is 3.47. The third-order valence-corrected chi connectivity index (χ3v) is 5.32. The van der Waals surface area contributed by atoms with Crippen molar-refractivity contribution in [2.45, 2.75) is 0 Å². The van der Waals surface area contributed by atoms with Gasteiger partial charge in [0.15, 0.2) is 5.51 Å². The van der Waals surface area contributed by atoms with Gasteiger partial charge >= 0.3 is 0 Å². The number of thiazole rings is 1. The van der Waals surface area contributed by atoms with Gasteiger partial charge in [-0.1, -0.05) is 12.1 Å². The van der Waals surface area contributed by atoms with Crippen molar-refractivity contribution in [3.05, 3.63) is 48.4 Å². The molecule has 0 unspecified atom stereocenters. The van der Waals surface area contributed by atoms with Crippen molar-refractivity contribution < 1.29 is 4.74 Å². The van der Waals surface area contributed by atoms with Crippen molar-refractivity contribution in [3.8, 4) is 21.8 Å². The normalized spacial score (nSPS) is 14.8. The highest BCUT2D eigenvalue weighted by Crippen LogP contribution is 2.31. The molecule has 1 aliphatic rings. The Labute approximate surface area is 154 Å².